The van der Waals surface area contributed by atoms with E-state index in [1.807, 2.05) is 24.3 Å². The highest BCUT2D eigenvalue weighted by Crippen LogP contribution is 2.37. The Morgan fingerprint density at radius 1 is 1.06 bits per heavy atom. The van der Waals surface area contributed by atoms with Crippen molar-refractivity contribution in [1.82, 2.24) is 5.32 Å². The van der Waals surface area contributed by atoms with E-state index in [-0.39, 0.29) is 37.0 Å². The van der Waals surface area contributed by atoms with Crippen LogP contribution < -0.4 is 10.6 Å². The number of esters is 1. The van der Waals surface area contributed by atoms with Crippen LogP contribution in [0.25, 0.3) is 0 Å². The van der Waals surface area contributed by atoms with Gasteiger partial charge in [0, 0.05) is 12.1 Å². The molecule has 0 aromatic heterocycles. The van der Waals surface area contributed by atoms with Gasteiger partial charge in [0.15, 0.2) is 8.32 Å². The molecular formula is C25H38N2O6Si. The minimum absolute atomic E-state index is 0.00548. The number of carbonyl (C=O) groups excluding carboxylic acids is 3. The van der Waals surface area contributed by atoms with E-state index in [9.17, 15) is 14.4 Å². The molecule has 1 aromatic carbocycles. The Morgan fingerprint density at radius 2 is 1.68 bits per heavy atom. The third-order valence-electron chi connectivity index (χ3n) is 5.60. The van der Waals surface area contributed by atoms with Gasteiger partial charge >= 0.3 is 12.1 Å². The summed E-state index contributed by atoms with van der Waals surface area (Å²) in [7, 11) is -1.96. The summed E-state index contributed by atoms with van der Waals surface area (Å²) < 4.78 is 16.2. The molecule has 2 amide bonds. The van der Waals surface area contributed by atoms with Gasteiger partial charge < -0.3 is 24.5 Å². The molecule has 0 radical (unpaired) electrons. The van der Waals surface area contributed by atoms with Gasteiger partial charge in [0.05, 0.1) is 6.61 Å². The topological polar surface area (TPSA) is 103 Å². The molecule has 0 heterocycles. The molecule has 0 fully saturated rings. The summed E-state index contributed by atoms with van der Waals surface area (Å²) in [6, 6.07) is 6.40. The first-order valence-electron chi connectivity index (χ1n) is 11.2. The van der Waals surface area contributed by atoms with Crippen LogP contribution in [-0.2, 0) is 30.1 Å². The van der Waals surface area contributed by atoms with E-state index >= 15 is 0 Å². The predicted molar refractivity (Wildman–Crippen MR) is 136 cm³/mol. The van der Waals surface area contributed by atoms with Crippen LogP contribution >= 0.6 is 0 Å². The van der Waals surface area contributed by atoms with Crippen LogP contribution in [0.3, 0.4) is 0 Å². The Balaban J connectivity index is 2.79. The number of anilines is 1. The summed E-state index contributed by atoms with van der Waals surface area (Å²) in [5.74, 6) is -0.978. The molecule has 0 saturated heterocycles. The van der Waals surface area contributed by atoms with Crippen molar-refractivity contribution in [2.45, 2.75) is 64.4 Å². The molecule has 9 heteroatoms. The molecule has 1 aromatic rings. The van der Waals surface area contributed by atoms with Gasteiger partial charge in [0.25, 0.3) is 0 Å². The van der Waals surface area contributed by atoms with E-state index in [0.717, 1.165) is 5.56 Å². The maximum absolute atomic E-state index is 12.7. The first-order valence-corrected chi connectivity index (χ1v) is 14.2. The maximum Gasteiger partial charge on any atom is 0.408 e. The van der Waals surface area contributed by atoms with Gasteiger partial charge in [-0.2, -0.15) is 0 Å². The molecule has 0 bridgehead atoms. The number of hydrogen-bond donors (Lipinski definition) is 2. The number of hydrogen-bond acceptors (Lipinski definition) is 6. The molecule has 8 nitrogen and oxygen atoms in total. The van der Waals surface area contributed by atoms with Crippen LogP contribution in [0.1, 0.15) is 39.2 Å². The summed E-state index contributed by atoms with van der Waals surface area (Å²) in [6.07, 6.45) is 2.04. The first-order chi connectivity index (χ1) is 15.9. The number of benzene rings is 1. The monoisotopic (exact) mass is 490 g/mol. The molecule has 1 rings (SSSR count). The van der Waals surface area contributed by atoms with Crippen molar-refractivity contribution in [2.75, 3.05) is 18.5 Å². The lowest BCUT2D eigenvalue weighted by Gasteiger charge is -2.36. The lowest BCUT2D eigenvalue weighted by atomic mass is 10.1. The van der Waals surface area contributed by atoms with Gasteiger partial charge in [-0.3, -0.25) is 4.79 Å². The van der Waals surface area contributed by atoms with E-state index in [4.69, 9.17) is 13.9 Å². The Labute approximate surface area is 203 Å². The van der Waals surface area contributed by atoms with Gasteiger partial charge in [-0.05, 0) is 36.2 Å². The van der Waals surface area contributed by atoms with Gasteiger partial charge in [-0.1, -0.05) is 64.3 Å². The second-order valence-corrected chi connectivity index (χ2v) is 14.1. The summed E-state index contributed by atoms with van der Waals surface area (Å²) >= 11 is 0. The minimum atomic E-state index is -1.96. The number of alkyl carbamates (subject to hydrolysis) is 1. The van der Waals surface area contributed by atoms with Crippen molar-refractivity contribution in [2.24, 2.45) is 0 Å². The lowest BCUT2D eigenvalue weighted by Crippen LogP contribution is -2.42. The van der Waals surface area contributed by atoms with Crippen molar-refractivity contribution in [3.8, 4) is 0 Å². The summed E-state index contributed by atoms with van der Waals surface area (Å²) in [4.78, 5) is 36.8. The van der Waals surface area contributed by atoms with Crippen LogP contribution in [0.4, 0.5) is 10.5 Å². The SMILES string of the molecule is C=CCOC(=O)N[C@@H](CCC(=O)Nc1ccccc1CO[Si](C)(C)C(C)(C)C)C(=O)OCC=C. The van der Waals surface area contributed by atoms with Crippen LogP contribution in [-0.4, -0.2) is 45.5 Å². The van der Waals surface area contributed by atoms with Crippen LogP contribution in [0.2, 0.25) is 18.1 Å². The van der Waals surface area contributed by atoms with Crippen molar-refractivity contribution < 1.29 is 28.3 Å². The fraction of sp³-hybridized carbons (Fsp3) is 0.480. The largest absolute Gasteiger partial charge is 0.460 e. The van der Waals surface area contributed by atoms with Crippen LogP contribution in [0.15, 0.2) is 49.6 Å². The summed E-state index contributed by atoms with van der Waals surface area (Å²) in [6.45, 7) is 18.2. The van der Waals surface area contributed by atoms with Crippen molar-refractivity contribution in [3.63, 3.8) is 0 Å². The first kappa shape index (κ1) is 29.1. The van der Waals surface area contributed by atoms with Crippen molar-refractivity contribution in [3.05, 3.63) is 55.1 Å². The highest BCUT2D eigenvalue weighted by Gasteiger charge is 2.37. The van der Waals surface area contributed by atoms with Gasteiger partial charge in [0.1, 0.15) is 19.3 Å². The number of nitrogens with one attached hydrogen (secondary N) is 2. The highest BCUT2D eigenvalue weighted by molar-refractivity contribution is 6.74. The quantitative estimate of drug-likeness (QED) is 0.231. The van der Waals surface area contributed by atoms with E-state index in [0.29, 0.717) is 12.3 Å². The highest BCUT2D eigenvalue weighted by atomic mass is 28.4. The molecule has 0 aliphatic rings. The fourth-order valence-corrected chi connectivity index (χ4v) is 3.49. The second-order valence-electron chi connectivity index (χ2n) is 9.30. The van der Waals surface area contributed by atoms with Crippen LogP contribution in [0, 0.1) is 0 Å². The fourth-order valence-electron chi connectivity index (χ4n) is 2.54. The average molecular weight is 491 g/mol. The Morgan fingerprint density at radius 3 is 2.29 bits per heavy atom. The molecule has 0 spiro atoms. The molecule has 0 saturated carbocycles. The number of amides is 2. The zero-order valence-corrected chi connectivity index (χ0v) is 21.9. The Hall–Kier alpha value is -2.91. The summed E-state index contributed by atoms with van der Waals surface area (Å²) in [5.41, 5.74) is 1.52. The van der Waals surface area contributed by atoms with E-state index < -0.39 is 26.4 Å². The molecular weight excluding hydrogens is 452 g/mol. The number of para-hydroxylation sites is 1. The molecule has 1 atom stereocenters. The molecule has 34 heavy (non-hydrogen) atoms. The normalized spacial score (nSPS) is 12.3. The third kappa shape index (κ3) is 9.92. The summed E-state index contributed by atoms with van der Waals surface area (Å²) in [5, 5.41) is 5.38. The van der Waals surface area contributed by atoms with Gasteiger partial charge in [0.2, 0.25) is 5.91 Å². The predicted octanol–water partition coefficient (Wildman–Crippen LogP) is 4.94. The maximum atomic E-state index is 12.7. The Bertz CT molecular complexity index is 863. The Kier molecular flexibility index (Phi) is 11.7. The zero-order valence-electron chi connectivity index (χ0n) is 20.9. The molecule has 2 N–H and O–H groups in total. The number of rotatable bonds is 13. The van der Waals surface area contributed by atoms with E-state index in [1.54, 1.807) is 0 Å². The van der Waals surface area contributed by atoms with E-state index in [1.165, 1.54) is 12.2 Å². The van der Waals surface area contributed by atoms with E-state index in [2.05, 4.69) is 57.7 Å². The standard InChI is InChI=1S/C25H38N2O6Si/c1-8-16-31-23(29)21(27-24(30)32-17-9-2)14-15-22(28)26-20-13-11-10-12-19(20)18-33-34(6,7)25(3,4)5/h8-13,21H,1-2,14-18H2,3-7H3,(H,26,28)(H,27,30)/t21-/m0/s1. The molecule has 188 valence electrons. The van der Waals surface area contributed by atoms with Gasteiger partial charge in [-0.15, -0.1) is 0 Å². The van der Waals surface area contributed by atoms with Crippen LogP contribution in [0.5, 0.6) is 0 Å². The van der Waals surface area contributed by atoms with Crippen molar-refractivity contribution in [1.29, 1.82) is 0 Å². The minimum Gasteiger partial charge on any atom is -0.460 e. The number of carbonyl (C=O) groups is 3. The average Bonchev–Trinajstić information content (AvgIpc) is 2.77. The van der Waals surface area contributed by atoms with Crippen molar-refractivity contribution >= 4 is 32.0 Å². The lowest BCUT2D eigenvalue weighted by molar-refractivity contribution is -0.145. The number of ether oxygens (including phenoxy) is 2. The molecule has 0 aliphatic heterocycles. The zero-order chi connectivity index (χ0) is 25.8. The second kappa shape index (κ2) is 13.7. The molecule has 0 aliphatic carbocycles. The molecule has 0 unspecified atom stereocenters. The third-order valence-corrected chi connectivity index (χ3v) is 10.1. The smallest absolute Gasteiger partial charge is 0.408 e. The van der Waals surface area contributed by atoms with Gasteiger partial charge in [-0.25, -0.2) is 9.59 Å².